The van der Waals surface area contributed by atoms with Crippen molar-refractivity contribution in [3.63, 3.8) is 0 Å². The standard InChI is InChI=1S/C18H26N6O2/c1-19-18(20-8-13-5-6-16-17(7-13)26-12-25-16)21-10-15(23(2)3)14-9-22-24(4)11-14/h5-7,9,11,15H,8,10,12H2,1-4H3,(H2,19,20,21). The molecule has 8 nitrogen and oxygen atoms in total. The van der Waals surface area contributed by atoms with E-state index in [4.69, 9.17) is 9.47 Å². The highest BCUT2D eigenvalue weighted by atomic mass is 16.7. The molecule has 2 aromatic rings. The van der Waals surface area contributed by atoms with Crippen LogP contribution in [0.2, 0.25) is 0 Å². The van der Waals surface area contributed by atoms with Gasteiger partial charge in [-0.2, -0.15) is 5.10 Å². The number of benzene rings is 1. The summed E-state index contributed by atoms with van der Waals surface area (Å²) in [5.41, 5.74) is 2.27. The first kappa shape index (κ1) is 18.1. The minimum atomic E-state index is 0.202. The van der Waals surface area contributed by atoms with Gasteiger partial charge in [0.2, 0.25) is 6.79 Å². The number of hydrogen-bond acceptors (Lipinski definition) is 5. The summed E-state index contributed by atoms with van der Waals surface area (Å²) in [6, 6.07) is 6.14. The van der Waals surface area contributed by atoms with Crippen molar-refractivity contribution < 1.29 is 9.47 Å². The van der Waals surface area contributed by atoms with Crippen LogP contribution >= 0.6 is 0 Å². The molecular formula is C18H26N6O2. The molecule has 1 aliphatic heterocycles. The van der Waals surface area contributed by atoms with E-state index in [9.17, 15) is 0 Å². The van der Waals surface area contributed by atoms with Gasteiger partial charge in [-0.1, -0.05) is 6.07 Å². The Bertz CT molecular complexity index is 771. The molecule has 1 unspecified atom stereocenters. The fourth-order valence-electron chi connectivity index (χ4n) is 2.86. The Morgan fingerprint density at radius 2 is 2.12 bits per heavy atom. The first-order valence-corrected chi connectivity index (χ1v) is 8.55. The zero-order valence-electron chi connectivity index (χ0n) is 15.7. The van der Waals surface area contributed by atoms with Crippen LogP contribution in [0.1, 0.15) is 17.2 Å². The fraction of sp³-hybridized carbons (Fsp3) is 0.444. The summed E-state index contributed by atoms with van der Waals surface area (Å²) in [7, 11) is 7.81. The molecule has 0 amide bonds. The van der Waals surface area contributed by atoms with E-state index < -0.39 is 0 Å². The van der Waals surface area contributed by atoms with Gasteiger partial charge in [0.05, 0.1) is 12.2 Å². The molecule has 8 heteroatoms. The average molecular weight is 358 g/mol. The van der Waals surface area contributed by atoms with Gasteiger partial charge in [0, 0.05) is 38.9 Å². The van der Waals surface area contributed by atoms with Gasteiger partial charge in [-0.15, -0.1) is 0 Å². The van der Waals surface area contributed by atoms with Gasteiger partial charge in [-0.25, -0.2) is 0 Å². The summed E-state index contributed by atoms with van der Waals surface area (Å²) in [4.78, 5) is 6.47. The molecule has 26 heavy (non-hydrogen) atoms. The van der Waals surface area contributed by atoms with Crippen molar-refractivity contribution in [3.05, 3.63) is 41.7 Å². The van der Waals surface area contributed by atoms with Crippen molar-refractivity contribution >= 4 is 5.96 Å². The third-order valence-corrected chi connectivity index (χ3v) is 4.32. The third-order valence-electron chi connectivity index (χ3n) is 4.32. The summed E-state index contributed by atoms with van der Waals surface area (Å²) in [6.45, 7) is 1.66. The Morgan fingerprint density at radius 1 is 1.31 bits per heavy atom. The van der Waals surface area contributed by atoms with Crippen molar-refractivity contribution in [1.82, 2.24) is 25.3 Å². The molecule has 3 rings (SSSR count). The van der Waals surface area contributed by atoms with Crippen LogP contribution in [0.3, 0.4) is 0 Å². The highest BCUT2D eigenvalue weighted by Crippen LogP contribution is 2.32. The van der Waals surface area contributed by atoms with E-state index in [1.54, 1.807) is 7.05 Å². The number of likely N-dealkylation sites (N-methyl/N-ethyl adjacent to an activating group) is 1. The Hall–Kier alpha value is -2.74. The summed E-state index contributed by atoms with van der Waals surface area (Å²) in [5, 5.41) is 11.0. The van der Waals surface area contributed by atoms with Gasteiger partial charge in [0.1, 0.15) is 0 Å². The second kappa shape index (κ2) is 8.09. The molecule has 1 aromatic heterocycles. The molecule has 140 valence electrons. The smallest absolute Gasteiger partial charge is 0.231 e. The number of aliphatic imine (C=N–C) groups is 1. The van der Waals surface area contributed by atoms with E-state index in [0.29, 0.717) is 6.54 Å². The topological polar surface area (TPSA) is 75.9 Å². The number of rotatable bonds is 6. The predicted molar refractivity (Wildman–Crippen MR) is 100 cm³/mol. The molecule has 0 spiro atoms. The van der Waals surface area contributed by atoms with Crippen molar-refractivity contribution in [3.8, 4) is 11.5 Å². The number of hydrogen-bond donors (Lipinski definition) is 2. The first-order valence-electron chi connectivity index (χ1n) is 8.55. The molecule has 1 atom stereocenters. The van der Waals surface area contributed by atoms with Crippen LogP contribution in [-0.4, -0.2) is 55.1 Å². The van der Waals surface area contributed by atoms with Gasteiger partial charge in [0.15, 0.2) is 17.5 Å². The SMILES string of the molecule is CN=C(NCc1ccc2c(c1)OCO2)NCC(c1cnn(C)c1)N(C)C. The lowest BCUT2D eigenvalue weighted by Crippen LogP contribution is -2.41. The van der Waals surface area contributed by atoms with Crippen LogP contribution in [0.25, 0.3) is 0 Å². The normalized spacial score (nSPS) is 14.6. The predicted octanol–water partition coefficient (Wildman–Crippen LogP) is 1.12. The molecule has 0 aliphatic carbocycles. The summed E-state index contributed by atoms with van der Waals surface area (Å²) < 4.78 is 12.6. The van der Waals surface area contributed by atoms with Gasteiger partial charge in [-0.3, -0.25) is 9.67 Å². The lowest BCUT2D eigenvalue weighted by atomic mass is 10.1. The van der Waals surface area contributed by atoms with E-state index >= 15 is 0 Å². The Morgan fingerprint density at radius 3 is 2.81 bits per heavy atom. The molecule has 2 N–H and O–H groups in total. The van der Waals surface area contributed by atoms with Gasteiger partial charge in [0.25, 0.3) is 0 Å². The maximum Gasteiger partial charge on any atom is 0.231 e. The van der Waals surface area contributed by atoms with Crippen LogP contribution in [0.4, 0.5) is 0 Å². The second-order valence-corrected chi connectivity index (χ2v) is 6.42. The maximum absolute atomic E-state index is 5.42. The van der Waals surface area contributed by atoms with Crippen LogP contribution < -0.4 is 20.1 Å². The average Bonchev–Trinajstić information content (AvgIpc) is 3.26. The van der Waals surface area contributed by atoms with Gasteiger partial charge < -0.3 is 25.0 Å². The Labute approximate surface area is 153 Å². The monoisotopic (exact) mass is 358 g/mol. The van der Waals surface area contributed by atoms with Crippen LogP contribution in [0.5, 0.6) is 11.5 Å². The molecule has 2 heterocycles. The van der Waals surface area contributed by atoms with Crippen LogP contribution in [0.15, 0.2) is 35.6 Å². The molecule has 1 aliphatic rings. The van der Waals surface area contributed by atoms with Gasteiger partial charge in [-0.05, 0) is 31.8 Å². The van der Waals surface area contributed by atoms with E-state index in [1.807, 2.05) is 42.3 Å². The number of nitrogens with zero attached hydrogens (tertiary/aromatic N) is 4. The quantitative estimate of drug-likeness (QED) is 0.595. The lowest BCUT2D eigenvalue weighted by Gasteiger charge is -2.24. The van der Waals surface area contributed by atoms with Gasteiger partial charge >= 0.3 is 0 Å². The van der Waals surface area contributed by atoms with Crippen molar-refractivity contribution in [2.75, 3.05) is 34.5 Å². The highest BCUT2D eigenvalue weighted by molar-refractivity contribution is 5.79. The number of guanidine groups is 1. The van der Waals surface area contributed by atoms with E-state index in [0.717, 1.165) is 35.1 Å². The van der Waals surface area contributed by atoms with E-state index in [-0.39, 0.29) is 12.8 Å². The number of aromatic nitrogens is 2. The summed E-state index contributed by atoms with van der Waals surface area (Å²) >= 11 is 0. The first-order chi connectivity index (χ1) is 12.6. The van der Waals surface area contributed by atoms with Crippen LogP contribution in [-0.2, 0) is 13.6 Å². The minimum Gasteiger partial charge on any atom is -0.454 e. The maximum atomic E-state index is 5.42. The molecule has 0 radical (unpaired) electrons. The minimum absolute atomic E-state index is 0.202. The lowest BCUT2D eigenvalue weighted by molar-refractivity contribution is 0.174. The number of fused-ring (bicyclic) bond motifs is 1. The molecule has 1 aromatic carbocycles. The summed E-state index contributed by atoms with van der Waals surface area (Å²) in [5.74, 6) is 2.33. The molecule has 0 fully saturated rings. The van der Waals surface area contributed by atoms with Crippen molar-refractivity contribution in [2.24, 2.45) is 12.0 Å². The van der Waals surface area contributed by atoms with E-state index in [2.05, 4.69) is 39.7 Å². The fourth-order valence-corrected chi connectivity index (χ4v) is 2.86. The molecule has 0 saturated carbocycles. The largest absolute Gasteiger partial charge is 0.454 e. The zero-order valence-corrected chi connectivity index (χ0v) is 15.7. The van der Waals surface area contributed by atoms with Crippen molar-refractivity contribution in [1.29, 1.82) is 0 Å². The summed E-state index contributed by atoms with van der Waals surface area (Å²) in [6.07, 6.45) is 3.93. The van der Waals surface area contributed by atoms with Crippen LogP contribution in [0, 0.1) is 0 Å². The molecule has 0 bridgehead atoms. The highest BCUT2D eigenvalue weighted by Gasteiger charge is 2.17. The number of ether oxygens (including phenoxy) is 2. The Balaban J connectivity index is 1.55. The Kier molecular flexibility index (Phi) is 5.62. The zero-order chi connectivity index (χ0) is 18.5. The van der Waals surface area contributed by atoms with E-state index in [1.165, 1.54) is 0 Å². The molecular weight excluding hydrogens is 332 g/mol. The van der Waals surface area contributed by atoms with Crippen molar-refractivity contribution in [2.45, 2.75) is 12.6 Å². The molecule has 0 saturated heterocycles. The number of aryl methyl sites for hydroxylation is 1. The third kappa shape index (κ3) is 4.26. The second-order valence-electron chi connectivity index (χ2n) is 6.42. The number of nitrogens with one attached hydrogen (secondary N) is 2.